The summed E-state index contributed by atoms with van der Waals surface area (Å²) in [6.07, 6.45) is 4.05. The van der Waals surface area contributed by atoms with Gasteiger partial charge >= 0.3 is 5.91 Å². The Morgan fingerprint density at radius 1 is 1.14 bits per heavy atom. The van der Waals surface area contributed by atoms with Gasteiger partial charge in [-0.15, -0.1) is 16.0 Å². The molecule has 0 fully saturated rings. The highest BCUT2D eigenvalue weighted by atomic mass is 32.1. The zero-order chi connectivity index (χ0) is 37.7. The third-order valence-electron chi connectivity index (χ3n) is 8.62. The third-order valence-corrected chi connectivity index (χ3v) is 14.3. The van der Waals surface area contributed by atoms with E-state index in [1.807, 2.05) is 13.8 Å². The van der Waals surface area contributed by atoms with Gasteiger partial charge in [-0.05, 0) is 44.1 Å². The smallest absolute Gasteiger partial charge is 0.325 e. The monoisotopic (exact) mass is 740 g/mol. The van der Waals surface area contributed by atoms with Gasteiger partial charge in [0.05, 0.1) is 22.1 Å². The van der Waals surface area contributed by atoms with Crippen LogP contribution in [-0.2, 0) is 17.5 Å². The van der Waals surface area contributed by atoms with Crippen LogP contribution in [0, 0.1) is 17.0 Å². The molecule has 0 radical (unpaired) electrons. The minimum absolute atomic E-state index is 0.0458. The maximum absolute atomic E-state index is 13.2. The number of ether oxygens (including phenoxy) is 1. The lowest BCUT2D eigenvalue weighted by molar-refractivity contribution is -0.748. The molecular formula is C33H46N9O7SSi+. The van der Waals surface area contributed by atoms with Crippen molar-refractivity contribution in [1.29, 1.82) is 0 Å². The molecule has 0 saturated heterocycles. The number of allylic oxidation sites excluding steroid dienone is 1. The fourth-order valence-electron chi connectivity index (χ4n) is 4.88. The van der Waals surface area contributed by atoms with Gasteiger partial charge in [-0.1, -0.05) is 32.9 Å². The molecule has 7 N–H and O–H groups in total. The number of nitrogens with two attached hydrogens (primary N) is 2. The number of aryl methyl sites for hydroxylation is 2. The van der Waals surface area contributed by atoms with Gasteiger partial charge in [0, 0.05) is 43.8 Å². The summed E-state index contributed by atoms with van der Waals surface area (Å²) >= 11 is 1.15. The number of rotatable bonds is 17. The minimum Gasteiger partial charge on any atom is -0.491 e. The molecule has 4 aromatic rings. The predicted octanol–water partition coefficient (Wildman–Crippen LogP) is 4.86. The summed E-state index contributed by atoms with van der Waals surface area (Å²) in [7, 11) is -1.96. The van der Waals surface area contributed by atoms with Gasteiger partial charge in [0.15, 0.2) is 20.5 Å². The lowest BCUT2D eigenvalue weighted by atomic mass is 10.1. The summed E-state index contributed by atoms with van der Waals surface area (Å²) in [5, 5.41) is 21.1. The molecule has 0 unspecified atom stereocenters. The summed E-state index contributed by atoms with van der Waals surface area (Å²) in [5.74, 6) is -1.41. The Labute approximate surface area is 300 Å². The van der Waals surface area contributed by atoms with Crippen molar-refractivity contribution in [1.82, 2.24) is 14.6 Å². The Bertz CT molecular complexity index is 1970. The number of carbonyl (C=O) groups is 3. The van der Waals surface area contributed by atoms with Gasteiger partial charge in [-0.3, -0.25) is 34.4 Å². The molecule has 0 spiro atoms. The Morgan fingerprint density at radius 3 is 2.49 bits per heavy atom. The van der Waals surface area contributed by atoms with Gasteiger partial charge < -0.3 is 25.9 Å². The number of carbonyl (C=O) groups excluding carboxylic acids is 3. The Morgan fingerprint density at radius 2 is 1.86 bits per heavy atom. The number of imidazole rings is 1. The molecule has 0 aliphatic heterocycles. The molecule has 18 heteroatoms. The maximum Gasteiger partial charge on any atom is 0.325 e. The standard InChI is InChI=1S/C33H45N9O7SSi/c1-8-41-24(16-20(2)39-41)30(45)38-32-37-22-19-26(29(35)44)50-31(22)40(32)13-10-9-12-36-27-23(42(46)47)17-21(28(34)43)18-25(27)48-14-11-15-49-51(6,7)33(3,4)5/h9-10,16-19H,8,11-15H2,1-7H3,(H6,34,35,36,37,38,43,44,45)/p+1/b10-9+. The average molecular weight is 741 g/mol. The van der Waals surface area contributed by atoms with Gasteiger partial charge in [0.1, 0.15) is 16.1 Å². The Balaban J connectivity index is 1.52. The number of anilines is 2. The van der Waals surface area contributed by atoms with Crippen LogP contribution in [0.3, 0.4) is 0 Å². The van der Waals surface area contributed by atoms with Crippen LogP contribution in [0.2, 0.25) is 18.1 Å². The molecule has 3 heterocycles. The van der Waals surface area contributed by atoms with Crippen LogP contribution in [0.5, 0.6) is 5.75 Å². The molecular weight excluding hydrogens is 695 g/mol. The quantitative estimate of drug-likeness (QED) is 0.0248. The summed E-state index contributed by atoms with van der Waals surface area (Å²) in [5.41, 5.74) is 12.4. The molecule has 4 rings (SSSR count). The molecule has 3 amide bonds. The number of H-pyrrole nitrogens is 1. The van der Waals surface area contributed by atoms with E-state index in [1.54, 1.807) is 33.5 Å². The summed E-state index contributed by atoms with van der Waals surface area (Å²) in [6, 6.07) is 5.80. The van der Waals surface area contributed by atoms with Crippen LogP contribution in [0.15, 0.2) is 36.4 Å². The zero-order valence-corrected chi connectivity index (χ0v) is 31.7. The van der Waals surface area contributed by atoms with E-state index in [4.69, 9.17) is 20.6 Å². The van der Waals surface area contributed by atoms with Crippen molar-refractivity contribution in [2.75, 3.05) is 30.4 Å². The number of aromatic nitrogens is 4. The van der Waals surface area contributed by atoms with Crippen molar-refractivity contribution < 1.29 is 33.2 Å². The maximum atomic E-state index is 13.2. The summed E-state index contributed by atoms with van der Waals surface area (Å²) in [6.45, 7) is 16.1. The van der Waals surface area contributed by atoms with E-state index in [1.165, 1.54) is 6.07 Å². The third kappa shape index (κ3) is 9.19. The van der Waals surface area contributed by atoms with Crippen LogP contribution in [0.1, 0.15) is 70.3 Å². The van der Waals surface area contributed by atoms with Gasteiger partial charge in [0.2, 0.25) is 11.9 Å². The number of hydrogen-bond donors (Lipinski definition) is 5. The fraction of sp³-hybridized carbons (Fsp3) is 0.424. The summed E-state index contributed by atoms with van der Waals surface area (Å²) < 4.78 is 15.6. The number of nitrogens with one attached hydrogen (secondary N) is 3. The van der Waals surface area contributed by atoms with Crippen molar-refractivity contribution in [3.05, 3.63) is 68.4 Å². The first-order valence-corrected chi connectivity index (χ1v) is 20.1. The van der Waals surface area contributed by atoms with Gasteiger partial charge in [-0.25, -0.2) is 4.98 Å². The number of amides is 3. The van der Waals surface area contributed by atoms with Crippen molar-refractivity contribution in [2.45, 2.75) is 72.3 Å². The van der Waals surface area contributed by atoms with Crippen LogP contribution in [0.25, 0.3) is 10.3 Å². The van der Waals surface area contributed by atoms with Crippen LogP contribution in [0.4, 0.5) is 17.3 Å². The van der Waals surface area contributed by atoms with E-state index in [0.717, 1.165) is 23.1 Å². The first-order valence-electron chi connectivity index (χ1n) is 16.4. The normalized spacial score (nSPS) is 12.1. The molecule has 274 valence electrons. The van der Waals surface area contributed by atoms with Crippen molar-refractivity contribution in [3.63, 3.8) is 0 Å². The number of nitrogens with zero attached hydrogens (tertiary/aromatic N) is 4. The second-order valence-corrected chi connectivity index (χ2v) is 19.2. The number of nitro groups is 1. The second-order valence-electron chi connectivity index (χ2n) is 13.4. The number of primary amides is 2. The summed E-state index contributed by atoms with van der Waals surface area (Å²) in [4.78, 5) is 54.1. The lowest BCUT2D eigenvalue weighted by Gasteiger charge is -2.36. The first kappa shape index (κ1) is 38.7. The van der Waals surface area contributed by atoms with Gasteiger partial charge in [-0.2, -0.15) is 5.10 Å². The highest BCUT2D eigenvalue weighted by Gasteiger charge is 2.37. The highest BCUT2D eigenvalue weighted by molar-refractivity contribution is 7.20. The molecule has 0 atom stereocenters. The molecule has 0 saturated carbocycles. The van der Waals surface area contributed by atoms with Crippen molar-refractivity contribution in [3.8, 4) is 5.75 Å². The highest BCUT2D eigenvalue weighted by Crippen LogP contribution is 2.38. The largest absolute Gasteiger partial charge is 0.491 e. The number of aromatic amines is 1. The first-order chi connectivity index (χ1) is 23.9. The number of fused-ring (bicyclic) bond motifs is 1. The van der Waals surface area contributed by atoms with E-state index in [-0.39, 0.29) is 59.3 Å². The lowest BCUT2D eigenvalue weighted by Crippen LogP contribution is -2.41. The van der Waals surface area contributed by atoms with Crippen LogP contribution >= 0.6 is 11.3 Å². The Kier molecular flexibility index (Phi) is 12.0. The Hall–Kier alpha value is -5.07. The van der Waals surface area contributed by atoms with Gasteiger partial charge in [0.25, 0.3) is 17.3 Å². The van der Waals surface area contributed by atoms with Crippen LogP contribution in [-0.4, -0.2) is 65.4 Å². The second kappa shape index (κ2) is 15.9. The minimum atomic E-state index is -1.96. The molecule has 0 aliphatic rings. The fourth-order valence-corrected chi connectivity index (χ4v) is 6.93. The zero-order valence-electron chi connectivity index (χ0n) is 29.9. The SMILES string of the molecule is CC[n+]1[nH]c(C)cc1C(=O)Nc1nc2cc(C(N)=O)sc2n1C/C=C/CNc1c(OCCCO[Si](C)(C)C(C)(C)C)cc(C(N)=O)cc1[N+](=O)[O-]. The van der Waals surface area contributed by atoms with E-state index >= 15 is 0 Å². The molecule has 51 heavy (non-hydrogen) atoms. The van der Waals surface area contributed by atoms with Crippen molar-refractivity contribution >= 4 is 65.0 Å². The van der Waals surface area contributed by atoms with Crippen LogP contribution < -0.4 is 31.5 Å². The number of benzene rings is 1. The van der Waals surface area contributed by atoms with E-state index in [2.05, 4.69) is 54.6 Å². The topological polar surface area (TPSA) is 226 Å². The molecule has 16 nitrogen and oxygen atoms in total. The predicted molar refractivity (Wildman–Crippen MR) is 198 cm³/mol. The molecule has 1 aromatic carbocycles. The van der Waals surface area contributed by atoms with Crippen molar-refractivity contribution in [2.24, 2.45) is 11.5 Å². The number of nitro benzene ring substituents is 1. The molecule has 0 bridgehead atoms. The number of thiophene rings is 1. The van der Waals surface area contributed by atoms with E-state index < -0.39 is 25.1 Å². The average Bonchev–Trinajstić information content (AvgIpc) is 3.73. The molecule has 0 aliphatic carbocycles. The van der Waals surface area contributed by atoms with E-state index in [9.17, 15) is 24.5 Å². The van der Waals surface area contributed by atoms with E-state index in [0.29, 0.717) is 40.5 Å². The number of hydrogen-bond acceptors (Lipinski definition) is 10. The molecule has 3 aromatic heterocycles.